The van der Waals surface area contributed by atoms with E-state index in [2.05, 4.69) is 14.7 Å². The molecule has 6 heteroatoms. The summed E-state index contributed by atoms with van der Waals surface area (Å²) in [6.45, 7) is 0. The van der Waals surface area contributed by atoms with E-state index in [1.807, 2.05) is 48.3 Å². The van der Waals surface area contributed by atoms with Crippen molar-refractivity contribution < 1.29 is 0 Å². The first-order valence-corrected chi connectivity index (χ1v) is 6.89. The van der Waals surface area contributed by atoms with Gasteiger partial charge in [0.25, 0.3) is 0 Å². The largest absolute Gasteiger partial charge is 0.299 e. The Labute approximate surface area is 120 Å². The van der Waals surface area contributed by atoms with Crippen molar-refractivity contribution in [2.45, 2.75) is 4.90 Å². The van der Waals surface area contributed by atoms with Gasteiger partial charge in [0, 0.05) is 18.3 Å². The van der Waals surface area contributed by atoms with Crippen molar-refractivity contribution in [2.75, 3.05) is 11.9 Å². The maximum absolute atomic E-state index is 5.96. The van der Waals surface area contributed by atoms with Crippen LogP contribution in [0.2, 0.25) is 5.02 Å². The summed E-state index contributed by atoms with van der Waals surface area (Å²) >= 11 is 7.46. The average Bonchev–Trinajstić information content (AvgIpc) is 2.47. The average molecular weight is 291 g/mol. The molecule has 1 aliphatic rings. The highest BCUT2D eigenvalue weighted by Crippen LogP contribution is 2.34. The zero-order chi connectivity index (χ0) is 13.2. The third-order valence-corrected chi connectivity index (χ3v) is 3.78. The molecule has 4 nitrogen and oxygen atoms in total. The minimum absolute atomic E-state index is 0.713. The Morgan fingerprint density at radius 1 is 1.26 bits per heavy atom. The monoisotopic (exact) mass is 290 g/mol. The molecular weight excluding hydrogens is 280 g/mol. The summed E-state index contributed by atoms with van der Waals surface area (Å²) in [4.78, 5) is 11.8. The summed E-state index contributed by atoms with van der Waals surface area (Å²) in [5.74, 6) is 1.59. The van der Waals surface area contributed by atoms with Crippen molar-refractivity contribution in [3.63, 3.8) is 0 Å². The van der Waals surface area contributed by atoms with Gasteiger partial charge in [-0.25, -0.2) is 9.98 Å². The van der Waals surface area contributed by atoms with Crippen LogP contribution in [0.5, 0.6) is 0 Å². The lowest BCUT2D eigenvalue weighted by Crippen LogP contribution is -2.36. The second-order valence-electron chi connectivity index (χ2n) is 4.00. The molecule has 0 fully saturated rings. The van der Waals surface area contributed by atoms with E-state index >= 15 is 0 Å². The molecule has 1 aliphatic heterocycles. The van der Waals surface area contributed by atoms with E-state index in [1.54, 1.807) is 6.20 Å². The maximum Gasteiger partial charge on any atom is 0.215 e. The van der Waals surface area contributed by atoms with Crippen LogP contribution < -0.4 is 9.62 Å². The van der Waals surface area contributed by atoms with Gasteiger partial charge in [-0.15, -0.1) is 0 Å². The number of halogens is 1. The molecule has 0 bridgehead atoms. The van der Waals surface area contributed by atoms with E-state index in [1.165, 1.54) is 11.9 Å². The summed E-state index contributed by atoms with van der Waals surface area (Å²) in [5.41, 5.74) is 0.908. The van der Waals surface area contributed by atoms with Gasteiger partial charge in [-0.05, 0) is 42.3 Å². The zero-order valence-electron chi connectivity index (χ0n) is 10.2. The van der Waals surface area contributed by atoms with Gasteiger partial charge < -0.3 is 0 Å². The molecule has 0 unspecified atom stereocenters. The Hall–Kier alpha value is -1.72. The van der Waals surface area contributed by atoms with E-state index < -0.39 is 0 Å². The Bertz CT molecular complexity index is 630. The van der Waals surface area contributed by atoms with E-state index in [4.69, 9.17) is 11.6 Å². The van der Waals surface area contributed by atoms with E-state index in [9.17, 15) is 0 Å². The molecule has 1 aromatic heterocycles. The van der Waals surface area contributed by atoms with Crippen LogP contribution in [0.4, 0.5) is 11.5 Å². The maximum atomic E-state index is 5.96. The van der Waals surface area contributed by atoms with Gasteiger partial charge in [0.05, 0.1) is 10.6 Å². The molecule has 0 saturated carbocycles. The number of fused-ring (bicyclic) bond motifs is 1. The van der Waals surface area contributed by atoms with Crippen LogP contribution in [0.3, 0.4) is 0 Å². The highest BCUT2D eigenvalue weighted by molar-refractivity contribution is 7.98. The smallest absolute Gasteiger partial charge is 0.215 e. The first-order valence-electron chi connectivity index (χ1n) is 5.70. The third kappa shape index (κ3) is 2.52. The topological polar surface area (TPSA) is 40.5 Å². The molecule has 2 aromatic rings. The second-order valence-corrected chi connectivity index (χ2v) is 5.28. The number of nitrogens with one attached hydrogen (secondary N) is 1. The molecule has 1 N–H and O–H groups in total. The number of anilines is 1. The van der Waals surface area contributed by atoms with Gasteiger partial charge in [0.1, 0.15) is 5.82 Å². The Balaban J connectivity index is 1.93. The third-order valence-electron chi connectivity index (χ3n) is 2.71. The van der Waals surface area contributed by atoms with Crippen LogP contribution in [0.15, 0.2) is 52.5 Å². The predicted molar refractivity (Wildman–Crippen MR) is 80.2 cm³/mol. The van der Waals surface area contributed by atoms with Gasteiger partial charge in [-0.2, -0.15) is 0 Å². The summed E-state index contributed by atoms with van der Waals surface area (Å²) < 4.78 is 3.19. The number of nitrogens with zero attached hydrogens (tertiary/aromatic N) is 3. The first-order chi connectivity index (χ1) is 9.24. The molecule has 0 amide bonds. The first kappa shape index (κ1) is 12.3. The van der Waals surface area contributed by atoms with Gasteiger partial charge in [0.15, 0.2) is 0 Å². The molecule has 3 rings (SSSR count). The molecule has 19 heavy (non-hydrogen) atoms. The van der Waals surface area contributed by atoms with Crippen LogP contribution in [0, 0.1) is 0 Å². The Morgan fingerprint density at radius 3 is 2.95 bits per heavy atom. The van der Waals surface area contributed by atoms with Crippen LogP contribution in [-0.4, -0.2) is 18.0 Å². The predicted octanol–water partition coefficient (Wildman–Crippen LogP) is 3.47. The number of rotatable bonds is 1. The lowest BCUT2D eigenvalue weighted by atomic mass is 10.3. The minimum Gasteiger partial charge on any atom is -0.299 e. The second kappa shape index (κ2) is 5.11. The van der Waals surface area contributed by atoms with E-state index in [0.717, 1.165) is 22.4 Å². The normalized spacial score (nSPS) is 13.3. The van der Waals surface area contributed by atoms with E-state index in [0.29, 0.717) is 5.02 Å². The molecule has 2 heterocycles. The summed E-state index contributed by atoms with van der Waals surface area (Å²) in [6, 6.07) is 11.4. The number of aliphatic imine (C=N–C) groups is 1. The van der Waals surface area contributed by atoms with Gasteiger partial charge >= 0.3 is 0 Å². The molecule has 96 valence electrons. The van der Waals surface area contributed by atoms with Gasteiger partial charge in [-0.1, -0.05) is 17.7 Å². The fraction of sp³-hybridized carbons (Fsp3) is 0.0769. The number of aromatic nitrogens is 1. The lowest BCUT2D eigenvalue weighted by Gasteiger charge is -2.24. The molecule has 0 aliphatic carbocycles. The van der Waals surface area contributed by atoms with Crippen molar-refractivity contribution in [1.82, 2.24) is 9.71 Å². The van der Waals surface area contributed by atoms with Crippen LogP contribution in [-0.2, 0) is 0 Å². The Morgan fingerprint density at radius 2 is 2.16 bits per heavy atom. The quantitative estimate of drug-likeness (QED) is 0.817. The molecule has 0 spiro atoms. The van der Waals surface area contributed by atoms with Gasteiger partial charge in [0.2, 0.25) is 5.96 Å². The summed E-state index contributed by atoms with van der Waals surface area (Å²) in [5, 5.41) is 0.713. The van der Waals surface area contributed by atoms with Gasteiger partial charge in [-0.3, -0.25) is 9.62 Å². The zero-order valence-corrected chi connectivity index (χ0v) is 11.7. The fourth-order valence-corrected chi connectivity index (χ4v) is 2.73. The number of hydrogen-bond acceptors (Lipinski definition) is 5. The highest BCUT2D eigenvalue weighted by atomic mass is 35.5. The molecule has 0 atom stereocenters. The Kier molecular flexibility index (Phi) is 3.31. The fourth-order valence-electron chi connectivity index (χ4n) is 1.70. The highest BCUT2D eigenvalue weighted by Gasteiger charge is 2.17. The van der Waals surface area contributed by atoms with Crippen LogP contribution >= 0.6 is 23.5 Å². The standard InChI is InChI=1S/C13H11ClN4S/c1-18(12-4-2-3-7-15-12)13-16-10-6-5-9(14)8-11(10)19-17-13/h2-8H,1H3,(H,16,17). The number of pyridine rings is 1. The number of benzene rings is 1. The van der Waals surface area contributed by atoms with Crippen molar-refractivity contribution in [3.05, 3.63) is 47.6 Å². The van der Waals surface area contributed by atoms with Crippen molar-refractivity contribution in [2.24, 2.45) is 4.99 Å². The molecule has 0 saturated heterocycles. The summed E-state index contributed by atoms with van der Waals surface area (Å²) in [6.07, 6.45) is 1.76. The van der Waals surface area contributed by atoms with Crippen molar-refractivity contribution in [3.8, 4) is 0 Å². The molecule has 1 aromatic carbocycles. The van der Waals surface area contributed by atoms with E-state index in [-0.39, 0.29) is 0 Å². The van der Waals surface area contributed by atoms with Crippen LogP contribution in [0.25, 0.3) is 0 Å². The van der Waals surface area contributed by atoms with Crippen molar-refractivity contribution in [1.29, 1.82) is 0 Å². The lowest BCUT2D eigenvalue weighted by molar-refractivity contribution is 1.11. The molecule has 0 radical (unpaired) electrons. The van der Waals surface area contributed by atoms with Crippen molar-refractivity contribution >= 4 is 41.0 Å². The minimum atomic E-state index is 0.713. The number of guanidine groups is 1. The SMILES string of the molecule is CN(C1=Nc2ccc(Cl)cc2SN1)c1ccccn1. The summed E-state index contributed by atoms with van der Waals surface area (Å²) in [7, 11) is 1.93. The molecular formula is C13H11ClN4S. The number of hydrogen-bond donors (Lipinski definition) is 1. The van der Waals surface area contributed by atoms with Crippen LogP contribution in [0.1, 0.15) is 0 Å².